The Morgan fingerprint density at radius 2 is 2.12 bits per heavy atom. The Labute approximate surface area is 158 Å². The van der Waals surface area contributed by atoms with Crippen LogP contribution in [0, 0.1) is 6.92 Å². The van der Waals surface area contributed by atoms with Gasteiger partial charge < -0.3 is 5.32 Å². The second-order valence-electron chi connectivity index (χ2n) is 5.37. The number of benzene rings is 2. The molecule has 0 radical (unpaired) electrons. The number of carbonyl (C=O) groups is 1. The summed E-state index contributed by atoms with van der Waals surface area (Å²) >= 11 is 6.71. The third kappa shape index (κ3) is 4.59. The molecule has 0 bridgehead atoms. The van der Waals surface area contributed by atoms with Gasteiger partial charge in [-0.15, -0.1) is 23.1 Å². The van der Waals surface area contributed by atoms with Crippen molar-refractivity contribution in [2.45, 2.75) is 18.2 Å². The van der Waals surface area contributed by atoms with Crippen molar-refractivity contribution in [1.82, 2.24) is 10.3 Å². The molecule has 0 fully saturated rings. The van der Waals surface area contributed by atoms with E-state index >= 15 is 0 Å². The molecule has 3 aromatic rings. The minimum absolute atomic E-state index is 0.0587. The van der Waals surface area contributed by atoms with Crippen LogP contribution >= 0.6 is 39.0 Å². The second kappa shape index (κ2) is 8.14. The molecule has 124 valence electrons. The van der Waals surface area contributed by atoms with Gasteiger partial charge in [0.15, 0.2) is 0 Å². The monoisotopic (exact) mass is 420 g/mol. The number of amides is 1. The third-order valence-electron chi connectivity index (χ3n) is 3.49. The molecule has 0 aliphatic heterocycles. The maximum absolute atomic E-state index is 12.0. The molecule has 0 atom stereocenters. The number of rotatable bonds is 6. The standard InChI is InChI=1S/C18H17BrN2OS2/c1-12-10-13(19)6-7-15(12)23-11-17(22)20-9-8-18-21-14-4-2-3-5-16(14)24-18/h2-7,10H,8-9,11H2,1H3,(H,20,22). The molecule has 2 aromatic carbocycles. The van der Waals surface area contributed by atoms with Crippen molar-refractivity contribution in [3.05, 3.63) is 57.5 Å². The summed E-state index contributed by atoms with van der Waals surface area (Å²) in [6.07, 6.45) is 0.771. The van der Waals surface area contributed by atoms with Crippen molar-refractivity contribution in [2.75, 3.05) is 12.3 Å². The average molecular weight is 421 g/mol. The maximum Gasteiger partial charge on any atom is 0.230 e. The molecule has 0 saturated carbocycles. The fourth-order valence-electron chi connectivity index (χ4n) is 2.30. The highest BCUT2D eigenvalue weighted by atomic mass is 79.9. The number of hydrogen-bond acceptors (Lipinski definition) is 4. The van der Waals surface area contributed by atoms with Crippen molar-refractivity contribution < 1.29 is 4.79 Å². The Hall–Kier alpha value is -1.37. The SMILES string of the molecule is Cc1cc(Br)ccc1SCC(=O)NCCc1nc2ccccc2s1. The Bertz CT molecular complexity index is 830. The predicted molar refractivity (Wildman–Crippen MR) is 106 cm³/mol. The van der Waals surface area contributed by atoms with E-state index in [0.717, 1.165) is 26.3 Å². The molecule has 0 aliphatic carbocycles. The first kappa shape index (κ1) is 17.5. The topological polar surface area (TPSA) is 42.0 Å². The van der Waals surface area contributed by atoms with Crippen LogP contribution in [0.25, 0.3) is 10.2 Å². The zero-order valence-corrected chi connectivity index (χ0v) is 16.4. The summed E-state index contributed by atoms with van der Waals surface area (Å²) in [4.78, 5) is 17.7. The van der Waals surface area contributed by atoms with Crippen molar-refractivity contribution in [3.8, 4) is 0 Å². The number of thioether (sulfide) groups is 1. The Balaban J connectivity index is 1.45. The van der Waals surface area contributed by atoms with Gasteiger partial charge in [-0.3, -0.25) is 4.79 Å². The second-order valence-corrected chi connectivity index (χ2v) is 8.42. The van der Waals surface area contributed by atoms with E-state index in [1.807, 2.05) is 30.3 Å². The molecule has 0 aliphatic rings. The van der Waals surface area contributed by atoms with Crippen molar-refractivity contribution in [3.63, 3.8) is 0 Å². The highest BCUT2D eigenvalue weighted by Gasteiger charge is 2.07. The van der Waals surface area contributed by atoms with Crippen LogP contribution in [0.5, 0.6) is 0 Å². The summed E-state index contributed by atoms with van der Waals surface area (Å²) in [5.74, 6) is 0.492. The molecule has 0 unspecified atom stereocenters. The largest absolute Gasteiger partial charge is 0.355 e. The van der Waals surface area contributed by atoms with Gasteiger partial charge in [0.2, 0.25) is 5.91 Å². The highest BCUT2D eigenvalue weighted by Crippen LogP contribution is 2.25. The van der Waals surface area contributed by atoms with E-state index in [4.69, 9.17) is 0 Å². The number of thiazole rings is 1. The summed E-state index contributed by atoms with van der Waals surface area (Å²) < 4.78 is 2.25. The fourth-order valence-corrected chi connectivity index (χ4v) is 4.59. The molecule has 0 spiro atoms. The summed E-state index contributed by atoms with van der Waals surface area (Å²) in [6, 6.07) is 14.2. The molecule has 3 nitrogen and oxygen atoms in total. The van der Waals surface area contributed by atoms with Gasteiger partial charge >= 0.3 is 0 Å². The lowest BCUT2D eigenvalue weighted by molar-refractivity contribution is -0.118. The number of hydrogen-bond donors (Lipinski definition) is 1. The molecule has 0 saturated heterocycles. The van der Waals surface area contributed by atoms with Crippen LogP contribution in [0.1, 0.15) is 10.6 Å². The molecular formula is C18H17BrN2OS2. The van der Waals surface area contributed by atoms with E-state index in [1.54, 1.807) is 23.1 Å². The molecule has 1 N–H and O–H groups in total. The Morgan fingerprint density at radius 3 is 2.92 bits per heavy atom. The van der Waals surface area contributed by atoms with E-state index in [0.29, 0.717) is 12.3 Å². The molecule has 3 rings (SSSR count). The van der Waals surface area contributed by atoms with Gasteiger partial charge in [0, 0.05) is 22.3 Å². The van der Waals surface area contributed by atoms with Crippen molar-refractivity contribution in [2.24, 2.45) is 0 Å². The van der Waals surface area contributed by atoms with Crippen LogP contribution in [0.15, 0.2) is 51.8 Å². The van der Waals surface area contributed by atoms with Crippen LogP contribution in [-0.2, 0) is 11.2 Å². The maximum atomic E-state index is 12.0. The number of para-hydroxylation sites is 1. The molecule has 6 heteroatoms. The van der Waals surface area contributed by atoms with E-state index < -0.39 is 0 Å². The predicted octanol–water partition coefficient (Wildman–Crippen LogP) is 4.82. The van der Waals surface area contributed by atoms with Gasteiger partial charge in [0.1, 0.15) is 0 Å². The minimum Gasteiger partial charge on any atom is -0.355 e. The minimum atomic E-state index is 0.0587. The van der Waals surface area contributed by atoms with E-state index in [2.05, 4.69) is 45.3 Å². The third-order valence-corrected chi connectivity index (χ3v) is 6.26. The van der Waals surface area contributed by atoms with Gasteiger partial charge in [-0.2, -0.15) is 0 Å². The van der Waals surface area contributed by atoms with Gasteiger partial charge in [-0.1, -0.05) is 28.1 Å². The van der Waals surface area contributed by atoms with Crippen molar-refractivity contribution in [1.29, 1.82) is 0 Å². The lowest BCUT2D eigenvalue weighted by Gasteiger charge is -2.07. The lowest BCUT2D eigenvalue weighted by Crippen LogP contribution is -2.27. The first-order chi connectivity index (χ1) is 11.6. The normalized spacial score (nSPS) is 10.9. The van der Waals surface area contributed by atoms with Gasteiger partial charge in [-0.25, -0.2) is 4.98 Å². The van der Waals surface area contributed by atoms with E-state index in [-0.39, 0.29) is 5.91 Å². The Morgan fingerprint density at radius 1 is 1.29 bits per heavy atom. The number of fused-ring (bicyclic) bond motifs is 1. The van der Waals surface area contributed by atoms with Crippen LogP contribution in [0.3, 0.4) is 0 Å². The molecule has 1 amide bonds. The van der Waals surface area contributed by atoms with Crippen LogP contribution in [-0.4, -0.2) is 23.2 Å². The molecule has 1 aromatic heterocycles. The summed E-state index contributed by atoms with van der Waals surface area (Å²) in [5, 5.41) is 4.04. The Kier molecular flexibility index (Phi) is 5.92. The summed E-state index contributed by atoms with van der Waals surface area (Å²) in [6.45, 7) is 2.68. The number of carbonyl (C=O) groups excluding carboxylic acids is 1. The zero-order chi connectivity index (χ0) is 16.9. The zero-order valence-electron chi connectivity index (χ0n) is 13.2. The number of nitrogens with one attached hydrogen (secondary N) is 1. The summed E-state index contributed by atoms with van der Waals surface area (Å²) in [7, 11) is 0. The number of halogens is 1. The van der Waals surface area contributed by atoms with Gasteiger partial charge in [0.25, 0.3) is 0 Å². The molecule has 1 heterocycles. The van der Waals surface area contributed by atoms with Crippen LogP contribution in [0.4, 0.5) is 0 Å². The number of aromatic nitrogens is 1. The first-order valence-corrected chi connectivity index (χ1v) is 10.2. The molecule has 24 heavy (non-hydrogen) atoms. The van der Waals surface area contributed by atoms with E-state index in [1.165, 1.54) is 10.3 Å². The lowest BCUT2D eigenvalue weighted by atomic mass is 10.2. The van der Waals surface area contributed by atoms with Crippen LogP contribution in [0.2, 0.25) is 0 Å². The van der Waals surface area contributed by atoms with Crippen molar-refractivity contribution >= 4 is 55.2 Å². The van der Waals surface area contributed by atoms with E-state index in [9.17, 15) is 4.79 Å². The summed E-state index contributed by atoms with van der Waals surface area (Å²) in [5.41, 5.74) is 2.21. The molecular weight excluding hydrogens is 404 g/mol. The fraction of sp³-hybridized carbons (Fsp3) is 0.222. The quantitative estimate of drug-likeness (QED) is 0.581. The van der Waals surface area contributed by atoms with Crippen LogP contribution < -0.4 is 5.32 Å². The smallest absolute Gasteiger partial charge is 0.230 e. The number of aryl methyl sites for hydroxylation is 1. The van der Waals surface area contributed by atoms with Gasteiger partial charge in [-0.05, 0) is 42.8 Å². The number of nitrogens with zero attached hydrogens (tertiary/aromatic N) is 1. The van der Waals surface area contributed by atoms with Gasteiger partial charge in [0.05, 0.1) is 21.0 Å². The highest BCUT2D eigenvalue weighted by molar-refractivity contribution is 9.10. The average Bonchev–Trinajstić information content (AvgIpc) is 2.96. The first-order valence-electron chi connectivity index (χ1n) is 7.62.